The van der Waals surface area contributed by atoms with Crippen molar-refractivity contribution in [1.29, 1.82) is 0 Å². The highest BCUT2D eigenvalue weighted by Crippen LogP contribution is 2.25. The SMILES string of the molecule is O=C(O)C(Cc1ccccc1)NCc1ccc(-c2cccc([N+](=O)[O-])c2)o1. The molecule has 138 valence electrons. The lowest BCUT2D eigenvalue weighted by Gasteiger charge is -2.13. The number of hydrogen-bond donors (Lipinski definition) is 2. The lowest BCUT2D eigenvalue weighted by atomic mass is 10.1. The van der Waals surface area contributed by atoms with E-state index in [4.69, 9.17) is 4.42 Å². The lowest BCUT2D eigenvalue weighted by Crippen LogP contribution is -2.38. The number of carbonyl (C=O) groups is 1. The average Bonchev–Trinajstić information content (AvgIpc) is 3.15. The molecule has 1 heterocycles. The Kier molecular flexibility index (Phi) is 5.63. The number of nitro benzene ring substituents is 1. The highest BCUT2D eigenvalue weighted by Gasteiger charge is 2.18. The predicted octanol–water partition coefficient (Wildman–Crippen LogP) is 3.64. The molecule has 0 saturated heterocycles. The van der Waals surface area contributed by atoms with Crippen molar-refractivity contribution in [3.63, 3.8) is 0 Å². The zero-order valence-corrected chi connectivity index (χ0v) is 14.4. The van der Waals surface area contributed by atoms with Crippen molar-refractivity contribution in [3.8, 4) is 11.3 Å². The van der Waals surface area contributed by atoms with E-state index in [0.29, 0.717) is 23.5 Å². The highest BCUT2D eigenvalue weighted by atomic mass is 16.6. The van der Waals surface area contributed by atoms with E-state index in [1.54, 1.807) is 24.3 Å². The van der Waals surface area contributed by atoms with E-state index in [9.17, 15) is 20.0 Å². The van der Waals surface area contributed by atoms with Crippen molar-refractivity contribution < 1.29 is 19.2 Å². The third-order valence-electron chi connectivity index (χ3n) is 4.11. The van der Waals surface area contributed by atoms with E-state index in [2.05, 4.69) is 5.32 Å². The third-order valence-corrected chi connectivity index (χ3v) is 4.11. The third kappa shape index (κ3) is 4.80. The molecule has 1 atom stereocenters. The molecule has 2 aromatic carbocycles. The number of aliphatic carboxylic acids is 1. The first-order valence-electron chi connectivity index (χ1n) is 8.36. The molecular formula is C20H18N2O5. The molecule has 0 bridgehead atoms. The standard InChI is InChI=1S/C20H18N2O5/c23-20(24)18(11-14-5-2-1-3-6-14)21-13-17-9-10-19(27-17)15-7-4-8-16(12-15)22(25)26/h1-10,12,18,21H,11,13H2,(H,23,24). The fourth-order valence-corrected chi connectivity index (χ4v) is 2.72. The molecule has 0 radical (unpaired) electrons. The summed E-state index contributed by atoms with van der Waals surface area (Å²) in [4.78, 5) is 21.9. The number of rotatable bonds is 8. The van der Waals surface area contributed by atoms with Crippen molar-refractivity contribution in [3.05, 3.63) is 88.2 Å². The van der Waals surface area contributed by atoms with Crippen molar-refractivity contribution in [1.82, 2.24) is 5.32 Å². The van der Waals surface area contributed by atoms with Gasteiger partial charge in [-0.2, -0.15) is 0 Å². The number of furan rings is 1. The van der Waals surface area contributed by atoms with Gasteiger partial charge in [0.1, 0.15) is 17.6 Å². The van der Waals surface area contributed by atoms with Crippen LogP contribution in [0.4, 0.5) is 5.69 Å². The molecule has 0 saturated carbocycles. The Balaban J connectivity index is 1.67. The van der Waals surface area contributed by atoms with Crippen LogP contribution < -0.4 is 5.32 Å². The Morgan fingerprint density at radius 1 is 1.11 bits per heavy atom. The minimum absolute atomic E-state index is 0.0163. The lowest BCUT2D eigenvalue weighted by molar-refractivity contribution is -0.384. The van der Waals surface area contributed by atoms with Crippen LogP contribution in [-0.2, 0) is 17.8 Å². The Morgan fingerprint density at radius 2 is 1.89 bits per heavy atom. The van der Waals surface area contributed by atoms with Gasteiger partial charge in [-0.25, -0.2) is 0 Å². The number of nitrogens with zero attached hydrogens (tertiary/aromatic N) is 1. The maximum absolute atomic E-state index is 11.5. The summed E-state index contributed by atoms with van der Waals surface area (Å²) in [5.74, 6) is 0.102. The van der Waals surface area contributed by atoms with Gasteiger partial charge in [-0.1, -0.05) is 42.5 Å². The van der Waals surface area contributed by atoms with Crippen LogP contribution in [0.25, 0.3) is 11.3 Å². The molecule has 7 nitrogen and oxygen atoms in total. The second-order valence-electron chi connectivity index (χ2n) is 6.03. The van der Waals surface area contributed by atoms with Gasteiger partial charge in [-0.3, -0.25) is 20.2 Å². The van der Waals surface area contributed by atoms with E-state index in [1.165, 1.54) is 12.1 Å². The molecule has 0 aliphatic rings. The largest absolute Gasteiger partial charge is 0.480 e. The van der Waals surface area contributed by atoms with Gasteiger partial charge in [0.15, 0.2) is 0 Å². The number of nitrogens with one attached hydrogen (secondary N) is 1. The Bertz CT molecular complexity index is 936. The highest BCUT2D eigenvalue weighted by molar-refractivity contribution is 5.73. The van der Waals surface area contributed by atoms with E-state index < -0.39 is 16.9 Å². The van der Waals surface area contributed by atoms with Crippen molar-refractivity contribution in [2.45, 2.75) is 19.0 Å². The van der Waals surface area contributed by atoms with Gasteiger partial charge in [0.2, 0.25) is 0 Å². The molecule has 1 unspecified atom stereocenters. The number of nitro groups is 1. The maximum Gasteiger partial charge on any atom is 0.321 e. The van der Waals surface area contributed by atoms with Crippen LogP contribution in [-0.4, -0.2) is 22.0 Å². The topological polar surface area (TPSA) is 106 Å². The number of benzene rings is 2. The summed E-state index contributed by atoms with van der Waals surface area (Å²) in [5.41, 5.74) is 1.50. The van der Waals surface area contributed by atoms with E-state index in [-0.39, 0.29) is 12.2 Å². The minimum atomic E-state index is -0.940. The molecule has 0 spiro atoms. The summed E-state index contributed by atoms with van der Waals surface area (Å²) >= 11 is 0. The summed E-state index contributed by atoms with van der Waals surface area (Å²) < 4.78 is 5.71. The monoisotopic (exact) mass is 366 g/mol. The summed E-state index contributed by atoms with van der Waals surface area (Å²) in [6.07, 6.45) is 0.356. The summed E-state index contributed by atoms with van der Waals surface area (Å²) in [6, 6.07) is 18.2. The summed E-state index contributed by atoms with van der Waals surface area (Å²) in [5, 5.41) is 23.3. The minimum Gasteiger partial charge on any atom is -0.480 e. The first-order chi connectivity index (χ1) is 13.0. The van der Waals surface area contributed by atoms with Crippen LogP contribution in [0.1, 0.15) is 11.3 Å². The normalized spacial score (nSPS) is 11.9. The molecular weight excluding hydrogens is 348 g/mol. The van der Waals surface area contributed by atoms with Crippen LogP contribution in [0.2, 0.25) is 0 Å². The molecule has 27 heavy (non-hydrogen) atoms. The summed E-state index contributed by atoms with van der Waals surface area (Å²) in [7, 11) is 0. The zero-order valence-electron chi connectivity index (χ0n) is 14.4. The zero-order chi connectivity index (χ0) is 19.2. The van der Waals surface area contributed by atoms with Crippen LogP contribution in [0.3, 0.4) is 0 Å². The molecule has 7 heteroatoms. The van der Waals surface area contributed by atoms with E-state index >= 15 is 0 Å². The number of carboxylic acid groups (broad SMARTS) is 1. The summed E-state index contributed by atoms with van der Waals surface area (Å²) in [6.45, 7) is 0.235. The Morgan fingerprint density at radius 3 is 2.59 bits per heavy atom. The molecule has 0 aliphatic heterocycles. The quantitative estimate of drug-likeness (QED) is 0.466. The van der Waals surface area contributed by atoms with Crippen LogP contribution in [0.5, 0.6) is 0 Å². The molecule has 3 aromatic rings. The predicted molar refractivity (Wildman–Crippen MR) is 99.2 cm³/mol. The second-order valence-corrected chi connectivity index (χ2v) is 6.03. The fourth-order valence-electron chi connectivity index (χ4n) is 2.72. The molecule has 2 N–H and O–H groups in total. The average molecular weight is 366 g/mol. The number of non-ortho nitro benzene ring substituents is 1. The molecule has 0 fully saturated rings. The molecule has 1 aromatic heterocycles. The fraction of sp³-hybridized carbons (Fsp3) is 0.150. The van der Waals surface area contributed by atoms with Crippen molar-refractivity contribution in [2.75, 3.05) is 0 Å². The number of carboxylic acids is 1. The Labute approximate surface area is 155 Å². The molecule has 3 rings (SSSR count). The first kappa shape index (κ1) is 18.3. The van der Waals surface area contributed by atoms with Gasteiger partial charge in [0.05, 0.1) is 11.5 Å². The maximum atomic E-state index is 11.5. The van der Waals surface area contributed by atoms with Gasteiger partial charge in [0.25, 0.3) is 5.69 Å². The van der Waals surface area contributed by atoms with Crippen LogP contribution in [0, 0.1) is 10.1 Å². The van der Waals surface area contributed by atoms with Crippen LogP contribution in [0.15, 0.2) is 71.1 Å². The smallest absolute Gasteiger partial charge is 0.321 e. The van der Waals surface area contributed by atoms with Gasteiger partial charge >= 0.3 is 5.97 Å². The number of hydrogen-bond acceptors (Lipinski definition) is 5. The van der Waals surface area contributed by atoms with E-state index in [1.807, 2.05) is 30.3 Å². The Hall–Kier alpha value is -3.45. The van der Waals surface area contributed by atoms with Gasteiger partial charge in [-0.05, 0) is 24.1 Å². The second kappa shape index (κ2) is 8.29. The first-order valence-corrected chi connectivity index (χ1v) is 8.36. The van der Waals surface area contributed by atoms with Gasteiger partial charge in [-0.15, -0.1) is 0 Å². The van der Waals surface area contributed by atoms with Crippen LogP contribution >= 0.6 is 0 Å². The van der Waals surface area contributed by atoms with E-state index in [0.717, 1.165) is 5.56 Å². The van der Waals surface area contributed by atoms with Crippen molar-refractivity contribution >= 4 is 11.7 Å². The van der Waals surface area contributed by atoms with Gasteiger partial charge in [0, 0.05) is 17.7 Å². The molecule has 0 amide bonds. The molecule has 0 aliphatic carbocycles. The van der Waals surface area contributed by atoms with Crippen molar-refractivity contribution in [2.24, 2.45) is 0 Å². The van der Waals surface area contributed by atoms with Gasteiger partial charge < -0.3 is 9.52 Å².